The molecule has 3 rings (SSSR count). The number of benzene rings is 1. The Bertz CT molecular complexity index is 655. The molecule has 1 aliphatic heterocycles. The fraction of sp³-hybridized carbons (Fsp3) is 0.333. The van der Waals surface area contributed by atoms with Crippen LogP contribution in [0.3, 0.4) is 0 Å². The number of carbonyl (C=O) groups is 1. The van der Waals surface area contributed by atoms with Gasteiger partial charge in [-0.25, -0.2) is 4.98 Å². The first-order chi connectivity index (χ1) is 11.7. The quantitative estimate of drug-likeness (QED) is 0.913. The molecule has 6 nitrogen and oxygen atoms in total. The lowest BCUT2D eigenvalue weighted by atomic mass is 10.3. The van der Waals surface area contributed by atoms with Gasteiger partial charge < -0.3 is 19.7 Å². The Hall–Kier alpha value is -2.60. The Kier molecular flexibility index (Phi) is 5.28. The third-order valence-electron chi connectivity index (χ3n) is 3.80. The van der Waals surface area contributed by atoms with Gasteiger partial charge in [0, 0.05) is 13.1 Å². The number of hydrogen-bond acceptors (Lipinski definition) is 5. The smallest absolute Gasteiger partial charge is 0.266 e. The zero-order valence-electron chi connectivity index (χ0n) is 13.6. The van der Waals surface area contributed by atoms with Gasteiger partial charge in [-0.15, -0.1) is 0 Å². The van der Waals surface area contributed by atoms with Crippen LogP contribution < -0.4 is 15.0 Å². The summed E-state index contributed by atoms with van der Waals surface area (Å²) in [7, 11) is 0. The van der Waals surface area contributed by atoms with Gasteiger partial charge in [0.15, 0.2) is 6.10 Å². The first-order valence-corrected chi connectivity index (χ1v) is 8.04. The minimum Gasteiger partial charge on any atom is -0.481 e. The van der Waals surface area contributed by atoms with Crippen LogP contribution in [0.1, 0.15) is 6.92 Å². The van der Waals surface area contributed by atoms with E-state index in [1.54, 1.807) is 19.2 Å². The fourth-order valence-corrected chi connectivity index (χ4v) is 2.45. The van der Waals surface area contributed by atoms with Crippen molar-refractivity contribution in [1.82, 2.24) is 4.98 Å². The van der Waals surface area contributed by atoms with E-state index in [0.717, 1.165) is 32.0 Å². The van der Waals surface area contributed by atoms with Gasteiger partial charge in [0.1, 0.15) is 11.6 Å². The maximum Gasteiger partial charge on any atom is 0.266 e. The van der Waals surface area contributed by atoms with E-state index < -0.39 is 6.10 Å². The van der Waals surface area contributed by atoms with Crippen molar-refractivity contribution in [1.29, 1.82) is 0 Å². The largest absolute Gasteiger partial charge is 0.481 e. The summed E-state index contributed by atoms with van der Waals surface area (Å²) < 4.78 is 10.9. The van der Waals surface area contributed by atoms with Gasteiger partial charge in [0.05, 0.1) is 25.1 Å². The Labute approximate surface area is 141 Å². The molecule has 0 radical (unpaired) electrons. The zero-order valence-corrected chi connectivity index (χ0v) is 13.6. The molecule has 6 heteroatoms. The summed E-state index contributed by atoms with van der Waals surface area (Å²) in [6.45, 7) is 4.88. The molecule has 0 bridgehead atoms. The number of aromatic nitrogens is 1. The number of rotatable bonds is 5. The first-order valence-electron chi connectivity index (χ1n) is 8.04. The Balaban J connectivity index is 1.55. The number of amides is 1. The standard InChI is InChI=1S/C18H21N3O3/c1-14(24-16-5-3-2-4-6-16)18(22)20-17-8-7-15(13-19-17)21-9-11-23-12-10-21/h2-8,13-14H,9-12H2,1H3,(H,19,20,22). The molecule has 1 aromatic heterocycles. The van der Waals surface area contributed by atoms with E-state index in [0.29, 0.717) is 11.6 Å². The van der Waals surface area contributed by atoms with Crippen LogP contribution in [0, 0.1) is 0 Å². The van der Waals surface area contributed by atoms with Gasteiger partial charge >= 0.3 is 0 Å². The summed E-state index contributed by atoms with van der Waals surface area (Å²) in [5.74, 6) is 0.946. The lowest BCUT2D eigenvalue weighted by molar-refractivity contribution is -0.122. The summed E-state index contributed by atoms with van der Waals surface area (Å²) in [5.41, 5.74) is 1.03. The SMILES string of the molecule is CC(Oc1ccccc1)C(=O)Nc1ccc(N2CCOCC2)cn1. The van der Waals surface area contributed by atoms with Crippen molar-refractivity contribution in [3.8, 4) is 5.75 Å². The van der Waals surface area contributed by atoms with Crippen molar-refractivity contribution in [2.45, 2.75) is 13.0 Å². The molecule has 0 saturated carbocycles. The van der Waals surface area contributed by atoms with Crippen LogP contribution in [-0.2, 0) is 9.53 Å². The van der Waals surface area contributed by atoms with Crippen molar-refractivity contribution >= 4 is 17.4 Å². The molecule has 1 saturated heterocycles. The van der Waals surface area contributed by atoms with E-state index in [1.165, 1.54) is 0 Å². The molecule has 126 valence electrons. The molecule has 0 aliphatic carbocycles. The summed E-state index contributed by atoms with van der Waals surface area (Å²) in [6, 6.07) is 13.0. The highest BCUT2D eigenvalue weighted by atomic mass is 16.5. The van der Waals surface area contributed by atoms with Crippen LogP contribution in [-0.4, -0.2) is 43.3 Å². The molecule has 1 amide bonds. The van der Waals surface area contributed by atoms with Gasteiger partial charge in [-0.05, 0) is 31.2 Å². The highest BCUT2D eigenvalue weighted by Gasteiger charge is 2.16. The van der Waals surface area contributed by atoms with Crippen LogP contribution in [0.2, 0.25) is 0 Å². The predicted molar refractivity (Wildman–Crippen MR) is 92.4 cm³/mol. The van der Waals surface area contributed by atoms with Crippen molar-refractivity contribution in [2.24, 2.45) is 0 Å². The number of nitrogens with one attached hydrogen (secondary N) is 1. The summed E-state index contributed by atoms with van der Waals surface area (Å²) in [4.78, 5) is 18.7. The highest BCUT2D eigenvalue weighted by molar-refractivity contribution is 5.93. The molecule has 1 aliphatic rings. The number of carbonyl (C=O) groups excluding carboxylic acids is 1. The Morgan fingerprint density at radius 3 is 2.62 bits per heavy atom. The molecule has 2 heterocycles. The number of ether oxygens (including phenoxy) is 2. The van der Waals surface area contributed by atoms with Gasteiger partial charge in [-0.2, -0.15) is 0 Å². The maximum atomic E-state index is 12.2. The molecule has 0 spiro atoms. The number of hydrogen-bond donors (Lipinski definition) is 1. The molecule has 24 heavy (non-hydrogen) atoms. The molecule has 1 atom stereocenters. The normalized spacial score (nSPS) is 15.6. The van der Waals surface area contributed by atoms with E-state index in [4.69, 9.17) is 9.47 Å². The molecule has 2 aromatic rings. The van der Waals surface area contributed by atoms with E-state index in [9.17, 15) is 4.79 Å². The lowest BCUT2D eigenvalue weighted by Crippen LogP contribution is -2.36. The monoisotopic (exact) mass is 327 g/mol. The minimum absolute atomic E-state index is 0.231. The topological polar surface area (TPSA) is 63.7 Å². The number of nitrogens with zero attached hydrogens (tertiary/aromatic N) is 2. The maximum absolute atomic E-state index is 12.2. The minimum atomic E-state index is -0.604. The average Bonchev–Trinajstić information content (AvgIpc) is 2.64. The molecule has 1 fully saturated rings. The lowest BCUT2D eigenvalue weighted by Gasteiger charge is -2.28. The van der Waals surface area contributed by atoms with E-state index in [-0.39, 0.29) is 5.91 Å². The van der Waals surface area contributed by atoms with Crippen LogP contribution in [0.4, 0.5) is 11.5 Å². The van der Waals surface area contributed by atoms with Crippen molar-refractivity contribution in [2.75, 3.05) is 36.5 Å². The number of morpholine rings is 1. The van der Waals surface area contributed by atoms with Crippen molar-refractivity contribution < 1.29 is 14.3 Å². The summed E-state index contributed by atoms with van der Waals surface area (Å²) in [6.07, 6.45) is 1.16. The summed E-state index contributed by atoms with van der Waals surface area (Å²) in [5, 5.41) is 2.77. The Morgan fingerprint density at radius 2 is 1.96 bits per heavy atom. The fourth-order valence-electron chi connectivity index (χ4n) is 2.45. The molecule has 1 N–H and O–H groups in total. The zero-order chi connectivity index (χ0) is 16.8. The van der Waals surface area contributed by atoms with Gasteiger partial charge in [-0.1, -0.05) is 18.2 Å². The van der Waals surface area contributed by atoms with Gasteiger partial charge in [0.2, 0.25) is 0 Å². The number of pyridine rings is 1. The molecule has 1 aromatic carbocycles. The second-order valence-corrected chi connectivity index (χ2v) is 5.56. The third-order valence-corrected chi connectivity index (χ3v) is 3.80. The molecular formula is C18H21N3O3. The van der Waals surface area contributed by atoms with Crippen molar-refractivity contribution in [3.05, 3.63) is 48.7 Å². The van der Waals surface area contributed by atoms with Gasteiger partial charge in [0.25, 0.3) is 5.91 Å². The average molecular weight is 327 g/mol. The van der Waals surface area contributed by atoms with Crippen LogP contribution in [0.5, 0.6) is 5.75 Å². The third kappa shape index (κ3) is 4.23. The molecule has 1 unspecified atom stereocenters. The van der Waals surface area contributed by atoms with Gasteiger partial charge in [-0.3, -0.25) is 4.79 Å². The second-order valence-electron chi connectivity index (χ2n) is 5.56. The van der Waals surface area contributed by atoms with Crippen LogP contribution >= 0.6 is 0 Å². The second kappa shape index (κ2) is 7.79. The van der Waals surface area contributed by atoms with E-state index in [2.05, 4.69) is 15.2 Å². The predicted octanol–water partition coefficient (Wildman–Crippen LogP) is 2.32. The van der Waals surface area contributed by atoms with Crippen LogP contribution in [0.15, 0.2) is 48.7 Å². The van der Waals surface area contributed by atoms with E-state index >= 15 is 0 Å². The Morgan fingerprint density at radius 1 is 1.21 bits per heavy atom. The molecular weight excluding hydrogens is 306 g/mol. The van der Waals surface area contributed by atoms with Crippen LogP contribution in [0.25, 0.3) is 0 Å². The first kappa shape index (κ1) is 16.3. The van der Waals surface area contributed by atoms with E-state index in [1.807, 2.05) is 36.4 Å². The highest BCUT2D eigenvalue weighted by Crippen LogP contribution is 2.17. The van der Waals surface area contributed by atoms with Crippen molar-refractivity contribution in [3.63, 3.8) is 0 Å². The summed E-state index contributed by atoms with van der Waals surface area (Å²) >= 11 is 0. The number of para-hydroxylation sites is 1. The number of anilines is 2.